The normalized spacial score (nSPS) is 12.1. The molecule has 2 nitrogen and oxygen atoms in total. The molecule has 80 valence electrons. The van der Waals surface area contributed by atoms with Gasteiger partial charge in [0.05, 0.1) is 0 Å². The van der Waals surface area contributed by atoms with E-state index in [2.05, 4.69) is 0 Å². The minimum absolute atomic E-state index is 0.0989. The van der Waals surface area contributed by atoms with E-state index >= 15 is 0 Å². The quantitative estimate of drug-likeness (QED) is 0.718. The van der Waals surface area contributed by atoms with Crippen LogP contribution < -0.4 is 0 Å². The molecule has 0 radical (unpaired) electrons. The lowest BCUT2D eigenvalue weighted by atomic mass is 9.99. The lowest BCUT2D eigenvalue weighted by molar-refractivity contribution is -0.109. The predicted octanol–water partition coefficient (Wildman–Crippen LogP) is 2.64. The summed E-state index contributed by atoms with van der Waals surface area (Å²) in [5, 5.41) is 0.0989. The fourth-order valence-corrected chi connectivity index (χ4v) is 2.12. The zero-order chi connectivity index (χ0) is 11.1. The van der Waals surface area contributed by atoms with Gasteiger partial charge in [-0.15, -0.1) is 0 Å². The Labute approximate surface area is 94.1 Å². The summed E-state index contributed by atoms with van der Waals surface area (Å²) in [6.45, 7) is 1.55. The highest BCUT2D eigenvalue weighted by molar-refractivity contribution is 8.13. The van der Waals surface area contributed by atoms with Crippen LogP contribution in [0.25, 0.3) is 0 Å². The van der Waals surface area contributed by atoms with Crippen molar-refractivity contribution in [3.8, 4) is 0 Å². The molecule has 0 aliphatic heterocycles. The number of hydrogen-bond donors (Lipinski definition) is 0. The second-order valence-electron chi connectivity index (χ2n) is 3.31. The molecule has 1 atom stereocenters. The molecular formula is C12H14O2S. The molecular weight excluding hydrogens is 208 g/mol. The van der Waals surface area contributed by atoms with Gasteiger partial charge in [0, 0.05) is 19.1 Å². The molecule has 1 rings (SSSR count). The van der Waals surface area contributed by atoms with Gasteiger partial charge in [-0.1, -0.05) is 42.1 Å². The van der Waals surface area contributed by atoms with E-state index in [9.17, 15) is 9.59 Å². The average Bonchev–Trinajstić information content (AvgIpc) is 2.25. The first-order chi connectivity index (χ1) is 7.24. The highest BCUT2D eigenvalue weighted by atomic mass is 32.2. The summed E-state index contributed by atoms with van der Waals surface area (Å²) in [5.74, 6) is 0.829. The van der Waals surface area contributed by atoms with E-state index < -0.39 is 0 Å². The van der Waals surface area contributed by atoms with Crippen molar-refractivity contribution in [1.29, 1.82) is 0 Å². The van der Waals surface area contributed by atoms with E-state index in [-0.39, 0.29) is 11.0 Å². The van der Waals surface area contributed by atoms with Gasteiger partial charge in [0.15, 0.2) is 5.12 Å². The molecule has 0 amide bonds. The van der Waals surface area contributed by atoms with Crippen LogP contribution in [0.2, 0.25) is 0 Å². The number of aldehydes is 1. The number of benzene rings is 1. The van der Waals surface area contributed by atoms with Crippen LogP contribution in [-0.4, -0.2) is 17.2 Å². The maximum Gasteiger partial charge on any atom is 0.185 e. The van der Waals surface area contributed by atoms with Crippen LogP contribution in [0.4, 0.5) is 0 Å². The maximum atomic E-state index is 10.9. The number of rotatable bonds is 5. The van der Waals surface area contributed by atoms with Gasteiger partial charge in [0.2, 0.25) is 0 Å². The number of carbonyl (C=O) groups is 2. The minimum atomic E-state index is 0.0989. The molecule has 3 heteroatoms. The Morgan fingerprint density at radius 1 is 1.40 bits per heavy atom. The Bertz CT molecular complexity index is 322. The van der Waals surface area contributed by atoms with E-state index in [0.29, 0.717) is 12.2 Å². The van der Waals surface area contributed by atoms with Gasteiger partial charge in [-0.25, -0.2) is 0 Å². The van der Waals surface area contributed by atoms with E-state index in [1.54, 1.807) is 6.92 Å². The summed E-state index contributed by atoms with van der Waals surface area (Å²) >= 11 is 1.28. The predicted molar refractivity (Wildman–Crippen MR) is 63.0 cm³/mol. The molecule has 0 heterocycles. The van der Waals surface area contributed by atoms with Gasteiger partial charge in [0.1, 0.15) is 6.29 Å². The van der Waals surface area contributed by atoms with Gasteiger partial charge >= 0.3 is 0 Å². The summed E-state index contributed by atoms with van der Waals surface area (Å²) in [6.07, 6.45) is 1.39. The smallest absolute Gasteiger partial charge is 0.185 e. The van der Waals surface area contributed by atoms with Crippen LogP contribution in [0.3, 0.4) is 0 Å². The SMILES string of the molecule is CC(=O)SC[C@H](CC=O)c1ccccc1. The van der Waals surface area contributed by atoms with Gasteiger partial charge in [-0.05, 0) is 11.5 Å². The second kappa shape index (κ2) is 6.40. The molecule has 0 aromatic heterocycles. The Morgan fingerprint density at radius 2 is 2.07 bits per heavy atom. The standard InChI is InChI=1S/C12H14O2S/c1-10(14)15-9-12(7-8-13)11-5-3-2-4-6-11/h2-6,8,12H,7,9H2,1H3/t12-/m0/s1. The monoisotopic (exact) mass is 222 g/mol. The third kappa shape index (κ3) is 4.30. The molecule has 15 heavy (non-hydrogen) atoms. The van der Waals surface area contributed by atoms with E-state index in [1.807, 2.05) is 30.3 Å². The van der Waals surface area contributed by atoms with Crippen LogP contribution in [0, 0.1) is 0 Å². The van der Waals surface area contributed by atoms with Crippen LogP contribution in [0.5, 0.6) is 0 Å². The first-order valence-electron chi connectivity index (χ1n) is 4.86. The minimum Gasteiger partial charge on any atom is -0.303 e. The summed E-state index contributed by atoms with van der Waals surface area (Å²) in [7, 11) is 0. The zero-order valence-electron chi connectivity index (χ0n) is 8.68. The van der Waals surface area contributed by atoms with Gasteiger partial charge in [0.25, 0.3) is 0 Å². The molecule has 1 aromatic carbocycles. The van der Waals surface area contributed by atoms with E-state index in [1.165, 1.54) is 11.8 Å². The Kier molecular flexibility index (Phi) is 5.12. The fourth-order valence-electron chi connectivity index (χ4n) is 1.36. The van der Waals surface area contributed by atoms with Gasteiger partial charge in [-0.2, -0.15) is 0 Å². The third-order valence-electron chi connectivity index (χ3n) is 2.14. The fraction of sp³-hybridized carbons (Fsp3) is 0.333. The number of carbonyl (C=O) groups excluding carboxylic acids is 2. The molecule has 0 aliphatic carbocycles. The summed E-state index contributed by atoms with van der Waals surface area (Å²) < 4.78 is 0. The van der Waals surface area contributed by atoms with Crippen molar-refractivity contribution in [2.45, 2.75) is 19.3 Å². The van der Waals surface area contributed by atoms with Crippen molar-refractivity contribution in [3.63, 3.8) is 0 Å². The van der Waals surface area contributed by atoms with Crippen LogP contribution in [0.15, 0.2) is 30.3 Å². The van der Waals surface area contributed by atoms with Crippen molar-refractivity contribution in [2.24, 2.45) is 0 Å². The largest absolute Gasteiger partial charge is 0.303 e. The van der Waals surface area contributed by atoms with E-state index in [0.717, 1.165) is 11.8 Å². The molecule has 0 spiro atoms. The first-order valence-corrected chi connectivity index (χ1v) is 5.84. The molecule has 0 fully saturated rings. The second-order valence-corrected chi connectivity index (χ2v) is 4.51. The van der Waals surface area contributed by atoms with Gasteiger partial charge in [-0.3, -0.25) is 4.79 Å². The van der Waals surface area contributed by atoms with Crippen LogP contribution in [-0.2, 0) is 9.59 Å². The summed E-state index contributed by atoms with van der Waals surface area (Å²) in [6, 6.07) is 9.83. The molecule has 0 saturated carbocycles. The molecule has 0 bridgehead atoms. The molecule has 0 aliphatic rings. The Balaban J connectivity index is 2.65. The first kappa shape index (κ1) is 12.0. The maximum absolute atomic E-state index is 10.9. The number of hydrogen-bond acceptors (Lipinski definition) is 3. The lowest BCUT2D eigenvalue weighted by Gasteiger charge is -2.12. The third-order valence-corrected chi connectivity index (χ3v) is 3.12. The summed E-state index contributed by atoms with van der Waals surface area (Å²) in [5.41, 5.74) is 1.12. The van der Waals surface area contributed by atoms with E-state index in [4.69, 9.17) is 0 Å². The van der Waals surface area contributed by atoms with Crippen molar-refractivity contribution in [2.75, 3.05) is 5.75 Å². The topological polar surface area (TPSA) is 34.1 Å². The molecule has 0 unspecified atom stereocenters. The highest BCUT2D eigenvalue weighted by Crippen LogP contribution is 2.23. The molecule has 0 N–H and O–H groups in total. The van der Waals surface area contributed by atoms with Crippen molar-refractivity contribution >= 4 is 23.2 Å². The van der Waals surface area contributed by atoms with Crippen LogP contribution >= 0.6 is 11.8 Å². The zero-order valence-corrected chi connectivity index (χ0v) is 9.50. The Morgan fingerprint density at radius 3 is 2.60 bits per heavy atom. The lowest BCUT2D eigenvalue weighted by Crippen LogP contribution is -2.04. The van der Waals surface area contributed by atoms with Crippen molar-refractivity contribution in [3.05, 3.63) is 35.9 Å². The average molecular weight is 222 g/mol. The summed E-state index contributed by atoms with van der Waals surface area (Å²) in [4.78, 5) is 21.4. The molecule has 0 saturated heterocycles. The van der Waals surface area contributed by atoms with Crippen molar-refractivity contribution in [1.82, 2.24) is 0 Å². The highest BCUT2D eigenvalue weighted by Gasteiger charge is 2.11. The Hall–Kier alpha value is -1.09. The van der Waals surface area contributed by atoms with Crippen molar-refractivity contribution < 1.29 is 9.59 Å². The number of thioether (sulfide) groups is 1. The van der Waals surface area contributed by atoms with Gasteiger partial charge < -0.3 is 4.79 Å². The molecule has 1 aromatic rings. The van der Waals surface area contributed by atoms with Crippen LogP contribution in [0.1, 0.15) is 24.8 Å².